The number of benzene rings is 1. The van der Waals surface area contributed by atoms with E-state index in [1.54, 1.807) is 13.8 Å². The van der Waals surface area contributed by atoms with Crippen LogP contribution in [0.3, 0.4) is 0 Å². The number of halogens is 1. The lowest BCUT2D eigenvalue weighted by molar-refractivity contribution is -0.150. The maximum Gasteiger partial charge on any atom is 0.313 e. The van der Waals surface area contributed by atoms with Gasteiger partial charge in [-0.15, -0.1) is 0 Å². The molecule has 0 radical (unpaired) electrons. The van der Waals surface area contributed by atoms with E-state index in [0.29, 0.717) is 5.56 Å². The van der Waals surface area contributed by atoms with Gasteiger partial charge in [0.1, 0.15) is 5.75 Å². The summed E-state index contributed by atoms with van der Waals surface area (Å²) in [6.45, 7) is 3.48. The van der Waals surface area contributed by atoms with E-state index in [1.165, 1.54) is 25.3 Å². The fraction of sp³-hybridized carbons (Fsp3) is 0.385. The highest BCUT2D eigenvalue weighted by atomic mass is 35.5. The summed E-state index contributed by atoms with van der Waals surface area (Å²) in [6, 6.07) is 4.14. The van der Waals surface area contributed by atoms with Crippen molar-refractivity contribution in [2.75, 3.05) is 13.7 Å². The normalized spacial score (nSPS) is 10.9. The van der Waals surface area contributed by atoms with E-state index in [9.17, 15) is 14.7 Å². The zero-order valence-electron chi connectivity index (χ0n) is 11.0. The van der Waals surface area contributed by atoms with Gasteiger partial charge in [-0.1, -0.05) is 11.6 Å². The number of hydrogen-bond donors (Lipinski definition) is 2. The predicted molar refractivity (Wildman–Crippen MR) is 71.2 cm³/mol. The monoisotopic (exact) mass is 285 g/mol. The van der Waals surface area contributed by atoms with Gasteiger partial charge in [-0.25, -0.2) is 0 Å². The number of methoxy groups -OCH3 is 1. The molecule has 0 saturated carbocycles. The van der Waals surface area contributed by atoms with E-state index in [1.807, 2.05) is 0 Å². The van der Waals surface area contributed by atoms with Gasteiger partial charge >= 0.3 is 5.97 Å². The van der Waals surface area contributed by atoms with Crippen LogP contribution >= 0.6 is 11.6 Å². The van der Waals surface area contributed by atoms with E-state index in [4.69, 9.17) is 11.6 Å². The van der Waals surface area contributed by atoms with Crippen molar-refractivity contribution in [2.24, 2.45) is 5.41 Å². The molecule has 0 aromatic heterocycles. The average molecular weight is 286 g/mol. The lowest BCUT2D eigenvalue weighted by Crippen LogP contribution is -2.39. The van der Waals surface area contributed by atoms with Gasteiger partial charge in [0, 0.05) is 12.1 Å². The first-order valence-electron chi connectivity index (χ1n) is 5.63. The van der Waals surface area contributed by atoms with Crippen LogP contribution in [0, 0.1) is 5.41 Å². The van der Waals surface area contributed by atoms with Gasteiger partial charge in [0.2, 0.25) is 0 Å². The summed E-state index contributed by atoms with van der Waals surface area (Å²) in [6.07, 6.45) is 0. The number of carbonyl (C=O) groups is 2. The third-order valence-electron chi connectivity index (χ3n) is 2.64. The van der Waals surface area contributed by atoms with Crippen LogP contribution in [-0.4, -0.2) is 30.6 Å². The van der Waals surface area contributed by atoms with Crippen molar-refractivity contribution in [1.29, 1.82) is 0 Å². The molecule has 0 aliphatic heterocycles. The maximum atomic E-state index is 11.9. The number of phenolic OH excluding ortho intramolecular Hbond substituents is 1. The topological polar surface area (TPSA) is 75.6 Å². The molecule has 5 nitrogen and oxygen atoms in total. The van der Waals surface area contributed by atoms with E-state index >= 15 is 0 Å². The van der Waals surface area contributed by atoms with Crippen molar-refractivity contribution in [3.63, 3.8) is 0 Å². The minimum atomic E-state index is -0.814. The molecule has 0 saturated heterocycles. The maximum absolute atomic E-state index is 11.9. The number of aromatic hydroxyl groups is 1. The van der Waals surface area contributed by atoms with E-state index in [2.05, 4.69) is 10.1 Å². The summed E-state index contributed by atoms with van der Waals surface area (Å²) in [4.78, 5) is 23.3. The quantitative estimate of drug-likeness (QED) is 0.830. The van der Waals surface area contributed by atoms with Gasteiger partial charge in [0.25, 0.3) is 5.91 Å². The highest BCUT2D eigenvalue weighted by Gasteiger charge is 2.29. The summed E-state index contributed by atoms with van der Waals surface area (Å²) in [7, 11) is 1.30. The number of esters is 1. The summed E-state index contributed by atoms with van der Waals surface area (Å²) in [5, 5.41) is 12.0. The van der Waals surface area contributed by atoms with E-state index in [-0.39, 0.29) is 23.2 Å². The fourth-order valence-electron chi connectivity index (χ4n) is 1.40. The Labute approximate surface area is 116 Å². The Morgan fingerprint density at radius 2 is 2.05 bits per heavy atom. The Morgan fingerprint density at radius 3 is 2.58 bits per heavy atom. The molecule has 1 rings (SSSR count). The van der Waals surface area contributed by atoms with Gasteiger partial charge in [-0.3, -0.25) is 9.59 Å². The summed E-state index contributed by atoms with van der Waals surface area (Å²) >= 11 is 5.72. The number of phenols is 1. The number of amides is 1. The molecule has 0 bridgehead atoms. The molecule has 0 atom stereocenters. The second kappa shape index (κ2) is 5.93. The molecule has 19 heavy (non-hydrogen) atoms. The fourth-order valence-corrected chi connectivity index (χ4v) is 1.58. The molecule has 104 valence electrons. The van der Waals surface area contributed by atoms with Crippen molar-refractivity contribution in [2.45, 2.75) is 13.8 Å². The van der Waals surface area contributed by atoms with Gasteiger partial charge < -0.3 is 15.2 Å². The number of hydrogen-bond acceptors (Lipinski definition) is 4. The van der Waals surface area contributed by atoms with Crippen molar-refractivity contribution in [1.82, 2.24) is 5.32 Å². The molecule has 0 unspecified atom stereocenters. The van der Waals surface area contributed by atoms with Crippen LogP contribution in [0.1, 0.15) is 24.2 Å². The van der Waals surface area contributed by atoms with E-state index in [0.717, 1.165) is 0 Å². The predicted octanol–water partition coefficient (Wildman–Crippen LogP) is 1.97. The number of nitrogens with one attached hydrogen (secondary N) is 1. The van der Waals surface area contributed by atoms with Gasteiger partial charge in [-0.2, -0.15) is 0 Å². The smallest absolute Gasteiger partial charge is 0.313 e. The first-order valence-corrected chi connectivity index (χ1v) is 6.01. The Morgan fingerprint density at radius 1 is 1.42 bits per heavy atom. The third kappa shape index (κ3) is 3.86. The molecule has 1 amide bonds. The van der Waals surface area contributed by atoms with Crippen LogP contribution < -0.4 is 5.32 Å². The molecule has 0 fully saturated rings. The Kier molecular flexibility index (Phi) is 4.78. The van der Waals surface area contributed by atoms with Gasteiger partial charge in [0.15, 0.2) is 0 Å². The zero-order valence-corrected chi connectivity index (χ0v) is 11.7. The molecular formula is C13H16ClNO4. The summed E-state index contributed by atoms with van der Waals surface area (Å²) in [5.74, 6) is -0.872. The molecule has 1 aromatic rings. The molecule has 2 N–H and O–H groups in total. The summed E-state index contributed by atoms with van der Waals surface area (Å²) < 4.78 is 4.64. The molecule has 0 aliphatic rings. The standard InChI is InChI=1S/C13H16ClNO4/c1-13(2,12(18)19-3)7-15-11(17)8-4-5-10(16)9(14)6-8/h4-6,16H,7H2,1-3H3,(H,15,17). The van der Waals surface area contributed by atoms with Crippen molar-refractivity contribution in [3.05, 3.63) is 28.8 Å². The Bertz CT molecular complexity index is 499. The van der Waals surface area contributed by atoms with Crippen LogP contribution in [0.5, 0.6) is 5.75 Å². The SMILES string of the molecule is COC(=O)C(C)(C)CNC(=O)c1ccc(O)c(Cl)c1. The number of carbonyl (C=O) groups excluding carboxylic acids is 2. The molecular weight excluding hydrogens is 270 g/mol. The lowest BCUT2D eigenvalue weighted by atomic mass is 9.93. The minimum Gasteiger partial charge on any atom is -0.506 e. The molecule has 1 aromatic carbocycles. The van der Waals surface area contributed by atoms with Crippen LogP contribution in [0.2, 0.25) is 5.02 Å². The zero-order chi connectivity index (χ0) is 14.6. The first-order chi connectivity index (χ1) is 8.77. The highest BCUT2D eigenvalue weighted by Crippen LogP contribution is 2.23. The summed E-state index contributed by atoms with van der Waals surface area (Å²) in [5.41, 5.74) is -0.506. The number of rotatable bonds is 4. The van der Waals surface area contributed by atoms with Crippen LogP contribution in [0.4, 0.5) is 0 Å². The highest BCUT2D eigenvalue weighted by molar-refractivity contribution is 6.32. The second-order valence-corrected chi connectivity index (χ2v) is 5.13. The Hall–Kier alpha value is -1.75. The largest absolute Gasteiger partial charge is 0.506 e. The lowest BCUT2D eigenvalue weighted by Gasteiger charge is -2.21. The number of ether oxygens (including phenoxy) is 1. The molecule has 0 heterocycles. The van der Waals surface area contributed by atoms with Crippen molar-refractivity contribution in [3.8, 4) is 5.75 Å². The van der Waals surface area contributed by atoms with Crippen LogP contribution in [0.15, 0.2) is 18.2 Å². The average Bonchev–Trinajstić information content (AvgIpc) is 2.38. The molecule has 0 spiro atoms. The van der Waals surface area contributed by atoms with Crippen LogP contribution in [0.25, 0.3) is 0 Å². The first kappa shape index (κ1) is 15.3. The van der Waals surface area contributed by atoms with Gasteiger partial charge in [-0.05, 0) is 32.0 Å². The van der Waals surface area contributed by atoms with Gasteiger partial charge in [0.05, 0.1) is 17.5 Å². The second-order valence-electron chi connectivity index (χ2n) is 4.72. The minimum absolute atomic E-state index is 0.0897. The third-order valence-corrected chi connectivity index (χ3v) is 2.94. The molecule has 6 heteroatoms. The molecule has 0 aliphatic carbocycles. The van der Waals surface area contributed by atoms with E-state index < -0.39 is 11.4 Å². The Balaban J connectivity index is 2.70. The van der Waals surface area contributed by atoms with Crippen molar-refractivity contribution >= 4 is 23.5 Å². The van der Waals surface area contributed by atoms with Crippen molar-refractivity contribution < 1.29 is 19.4 Å². The van der Waals surface area contributed by atoms with Crippen LogP contribution in [-0.2, 0) is 9.53 Å².